The molecule has 1 aliphatic rings. The molecular formula is C20H21N3O2. The molecule has 2 aromatic carbocycles. The summed E-state index contributed by atoms with van der Waals surface area (Å²) in [4.78, 5) is 14.0. The Morgan fingerprint density at radius 2 is 2.04 bits per heavy atom. The minimum Gasteiger partial charge on any atom is -0.489 e. The third-order valence-corrected chi connectivity index (χ3v) is 4.29. The SMILES string of the molecule is Cc1cc(OCc2cccc(C#N)c2)ccc1NC(=O)N1CCCC1. The first-order valence-electron chi connectivity index (χ1n) is 8.44. The zero-order chi connectivity index (χ0) is 17.6. The Hall–Kier alpha value is -3.00. The molecule has 0 atom stereocenters. The van der Waals surface area contributed by atoms with E-state index in [9.17, 15) is 4.79 Å². The number of rotatable bonds is 4. The maximum Gasteiger partial charge on any atom is 0.321 e. The van der Waals surface area contributed by atoms with Crippen molar-refractivity contribution in [1.82, 2.24) is 4.90 Å². The summed E-state index contributed by atoms with van der Waals surface area (Å²) in [5, 5.41) is 11.9. The van der Waals surface area contributed by atoms with Gasteiger partial charge in [0, 0.05) is 18.8 Å². The van der Waals surface area contributed by atoms with Gasteiger partial charge >= 0.3 is 6.03 Å². The number of carbonyl (C=O) groups is 1. The van der Waals surface area contributed by atoms with Gasteiger partial charge in [0.2, 0.25) is 0 Å². The number of benzene rings is 2. The van der Waals surface area contributed by atoms with Crippen LogP contribution < -0.4 is 10.1 Å². The lowest BCUT2D eigenvalue weighted by molar-refractivity contribution is 0.222. The van der Waals surface area contributed by atoms with Crippen LogP contribution in [0.4, 0.5) is 10.5 Å². The fourth-order valence-corrected chi connectivity index (χ4v) is 2.88. The van der Waals surface area contributed by atoms with Gasteiger partial charge in [0.15, 0.2) is 0 Å². The van der Waals surface area contributed by atoms with Crippen molar-refractivity contribution < 1.29 is 9.53 Å². The number of amides is 2. The molecular weight excluding hydrogens is 314 g/mol. The van der Waals surface area contributed by atoms with Crippen molar-refractivity contribution in [2.45, 2.75) is 26.4 Å². The van der Waals surface area contributed by atoms with Gasteiger partial charge in [-0.1, -0.05) is 12.1 Å². The van der Waals surface area contributed by atoms with Gasteiger partial charge in [-0.25, -0.2) is 4.79 Å². The molecule has 5 heteroatoms. The lowest BCUT2D eigenvalue weighted by Gasteiger charge is -2.17. The first-order chi connectivity index (χ1) is 12.2. The maximum absolute atomic E-state index is 12.2. The first kappa shape index (κ1) is 16.8. The number of urea groups is 1. The Labute approximate surface area is 147 Å². The first-order valence-corrected chi connectivity index (χ1v) is 8.44. The van der Waals surface area contributed by atoms with Crippen molar-refractivity contribution in [3.05, 3.63) is 59.2 Å². The molecule has 0 unspecified atom stereocenters. The number of hydrogen-bond donors (Lipinski definition) is 1. The molecule has 2 amide bonds. The van der Waals surface area contributed by atoms with E-state index >= 15 is 0 Å². The van der Waals surface area contributed by atoms with Crippen LogP contribution >= 0.6 is 0 Å². The van der Waals surface area contributed by atoms with Crippen molar-refractivity contribution >= 4 is 11.7 Å². The fraction of sp³-hybridized carbons (Fsp3) is 0.300. The molecule has 1 heterocycles. The zero-order valence-corrected chi connectivity index (χ0v) is 14.3. The number of likely N-dealkylation sites (tertiary alicyclic amines) is 1. The minimum atomic E-state index is -0.0393. The summed E-state index contributed by atoms with van der Waals surface area (Å²) < 4.78 is 5.80. The van der Waals surface area contributed by atoms with Crippen LogP contribution in [0.25, 0.3) is 0 Å². The maximum atomic E-state index is 12.2. The molecule has 1 saturated heterocycles. The number of aryl methyl sites for hydroxylation is 1. The van der Waals surface area contributed by atoms with Crippen LogP contribution in [-0.2, 0) is 6.61 Å². The number of carbonyl (C=O) groups excluding carboxylic acids is 1. The highest BCUT2D eigenvalue weighted by molar-refractivity contribution is 5.90. The standard InChI is InChI=1S/C20H21N3O2/c1-15-11-18(25-14-17-6-4-5-16(12-17)13-21)7-8-19(15)22-20(24)23-9-2-3-10-23/h4-8,11-12H,2-3,9-10,14H2,1H3,(H,22,24). The number of nitrogens with one attached hydrogen (secondary N) is 1. The van der Waals surface area contributed by atoms with Crippen LogP contribution in [0.1, 0.15) is 29.5 Å². The van der Waals surface area contributed by atoms with Crippen molar-refractivity contribution in [1.29, 1.82) is 5.26 Å². The van der Waals surface area contributed by atoms with E-state index in [1.54, 1.807) is 6.07 Å². The van der Waals surface area contributed by atoms with Gasteiger partial charge in [-0.05, 0) is 61.2 Å². The second kappa shape index (κ2) is 7.71. The van der Waals surface area contributed by atoms with Crippen molar-refractivity contribution in [2.75, 3.05) is 18.4 Å². The second-order valence-corrected chi connectivity index (χ2v) is 6.20. The summed E-state index contributed by atoms with van der Waals surface area (Å²) in [5.74, 6) is 0.735. The fourth-order valence-electron chi connectivity index (χ4n) is 2.88. The lowest BCUT2D eigenvalue weighted by atomic mass is 10.1. The van der Waals surface area contributed by atoms with Crippen LogP contribution in [0.2, 0.25) is 0 Å². The van der Waals surface area contributed by atoms with Crippen molar-refractivity contribution in [3.63, 3.8) is 0 Å². The summed E-state index contributed by atoms with van der Waals surface area (Å²) in [5.41, 5.74) is 3.33. The van der Waals surface area contributed by atoms with Crippen LogP contribution in [0, 0.1) is 18.3 Å². The molecule has 1 fully saturated rings. The second-order valence-electron chi connectivity index (χ2n) is 6.20. The summed E-state index contributed by atoms with van der Waals surface area (Å²) in [6.45, 7) is 4.00. The van der Waals surface area contributed by atoms with Crippen LogP contribution in [0.15, 0.2) is 42.5 Å². The van der Waals surface area contributed by atoms with Gasteiger partial charge in [0.25, 0.3) is 0 Å². The molecule has 0 saturated carbocycles. The zero-order valence-electron chi connectivity index (χ0n) is 14.3. The predicted molar refractivity (Wildman–Crippen MR) is 96.5 cm³/mol. The lowest BCUT2D eigenvalue weighted by Crippen LogP contribution is -2.32. The Morgan fingerprint density at radius 3 is 2.76 bits per heavy atom. The van der Waals surface area contributed by atoms with Crippen LogP contribution in [-0.4, -0.2) is 24.0 Å². The predicted octanol–water partition coefficient (Wildman–Crippen LogP) is 4.07. The number of hydrogen-bond acceptors (Lipinski definition) is 3. The van der Waals surface area contributed by atoms with Gasteiger partial charge < -0.3 is 15.0 Å². The third-order valence-electron chi connectivity index (χ3n) is 4.29. The Kier molecular flexibility index (Phi) is 5.20. The highest BCUT2D eigenvalue weighted by atomic mass is 16.5. The summed E-state index contributed by atoms with van der Waals surface area (Å²) in [6, 6.07) is 15.1. The van der Waals surface area contributed by atoms with Gasteiger partial charge in [-0.2, -0.15) is 5.26 Å². The quantitative estimate of drug-likeness (QED) is 0.916. The molecule has 0 spiro atoms. The minimum absolute atomic E-state index is 0.0393. The average molecular weight is 335 g/mol. The molecule has 5 nitrogen and oxygen atoms in total. The summed E-state index contributed by atoms with van der Waals surface area (Å²) in [7, 11) is 0. The topological polar surface area (TPSA) is 65.4 Å². The van der Waals surface area contributed by atoms with E-state index in [1.807, 2.05) is 48.2 Å². The van der Waals surface area contributed by atoms with E-state index in [0.717, 1.165) is 48.5 Å². The molecule has 128 valence electrons. The normalized spacial score (nSPS) is 13.4. The van der Waals surface area contributed by atoms with E-state index in [0.29, 0.717) is 12.2 Å². The molecule has 0 radical (unpaired) electrons. The smallest absolute Gasteiger partial charge is 0.321 e. The van der Waals surface area contributed by atoms with Crippen LogP contribution in [0.5, 0.6) is 5.75 Å². The van der Waals surface area contributed by atoms with E-state index in [-0.39, 0.29) is 6.03 Å². The molecule has 0 bridgehead atoms. The molecule has 25 heavy (non-hydrogen) atoms. The van der Waals surface area contributed by atoms with Gasteiger partial charge in [-0.3, -0.25) is 0 Å². The Bertz CT molecular complexity index is 805. The van der Waals surface area contributed by atoms with Gasteiger partial charge in [0.05, 0.1) is 11.6 Å². The van der Waals surface area contributed by atoms with E-state index in [4.69, 9.17) is 10.00 Å². The summed E-state index contributed by atoms with van der Waals surface area (Å²) in [6.07, 6.45) is 2.15. The molecule has 3 rings (SSSR count). The highest BCUT2D eigenvalue weighted by Gasteiger charge is 2.18. The largest absolute Gasteiger partial charge is 0.489 e. The van der Waals surface area contributed by atoms with Gasteiger partial charge in [-0.15, -0.1) is 0 Å². The monoisotopic (exact) mass is 335 g/mol. The van der Waals surface area contributed by atoms with E-state index < -0.39 is 0 Å². The average Bonchev–Trinajstić information content (AvgIpc) is 3.17. The van der Waals surface area contributed by atoms with E-state index in [2.05, 4.69) is 11.4 Å². The number of ether oxygens (including phenoxy) is 1. The Balaban J connectivity index is 1.61. The highest BCUT2D eigenvalue weighted by Crippen LogP contribution is 2.23. The molecule has 0 aromatic heterocycles. The third kappa shape index (κ3) is 4.30. The van der Waals surface area contributed by atoms with Gasteiger partial charge in [0.1, 0.15) is 12.4 Å². The number of nitrogens with zero attached hydrogens (tertiary/aromatic N) is 2. The van der Waals surface area contributed by atoms with E-state index in [1.165, 1.54) is 0 Å². The molecule has 0 aliphatic carbocycles. The summed E-state index contributed by atoms with van der Waals surface area (Å²) >= 11 is 0. The molecule has 1 aliphatic heterocycles. The van der Waals surface area contributed by atoms with Crippen molar-refractivity contribution in [2.24, 2.45) is 0 Å². The van der Waals surface area contributed by atoms with Crippen LogP contribution in [0.3, 0.4) is 0 Å². The Morgan fingerprint density at radius 1 is 1.24 bits per heavy atom. The molecule has 1 N–H and O–H groups in total. The number of nitriles is 1. The molecule has 2 aromatic rings. The number of anilines is 1. The van der Waals surface area contributed by atoms with Crippen molar-refractivity contribution in [3.8, 4) is 11.8 Å².